The first-order valence-electron chi connectivity index (χ1n) is 8.14. The number of hydrogen-bond acceptors (Lipinski definition) is 4. The van der Waals surface area contributed by atoms with Crippen LogP contribution in [-0.4, -0.2) is 42.7 Å². The zero-order chi connectivity index (χ0) is 16.7. The summed E-state index contributed by atoms with van der Waals surface area (Å²) in [4.78, 5) is 14.2. The van der Waals surface area contributed by atoms with E-state index < -0.39 is 0 Å². The van der Waals surface area contributed by atoms with E-state index in [2.05, 4.69) is 6.07 Å². The molecule has 1 amide bonds. The second-order valence-electron chi connectivity index (χ2n) is 5.97. The molecule has 1 fully saturated rings. The van der Waals surface area contributed by atoms with E-state index in [1.165, 1.54) is 0 Å². The highest BCUT2D eigenvalue weighted by Crippen LogP contribution is 2.18. The molecule has 0 N–H and O–H groups in total. The normalized spacial score (nSPS) is 17.0. The van der Waals surface area contributed by atoms with E-state index in [-0.39, 0.29) is 18.1 Å². The van der Waals surface area contributed by atoms with Gasteiger partial charge in [0, 0.05) is 24.8 Å². The summed E-state index contributed by atoms with van der Waals surface area (Å²) in [5, 5.41) is 8.72. The second-order valence-corrected chi connectivity index (χ2v) is 5.97. The summed E-state index contributed by atoms with van der Waals surface area (Å²) in [6.07, 6.45) is 2.65. The molecule has 1 aliphatic heterocycles. The van der Waals surface area contributed by atoms with Gasteiger partial charge in [-0.3, -0.25) is 4.79 Å². The summed E-state index contributed by atoms with van der Waals surface area (Å²) in [6, 6.07) is 9.31. The Morgan fingerprint density at radius 1 is 1.43 bits per heavy atom. The smallest absolute Gasteiger partial charge is 0.254 e. The molecule has 0 spiro atoms. The zero-order valence-corrected chi connectivity index (χ0v) is 13.8. The van der Waals surface area contributed by atoms with Gasteiger partial charge < -0.3 is 14.4 Å². The molecule has 1 heterocycles. The fourth-order valence-electron chi connectivity index (χ4n) is 2.59. The third-order valence-electron chi connectivity index (χ3n) is 3.91. The van der Waals surface area contributed by atoms with Crippen LogP contribution in [0.4, 0.5) is 0 Å². The highest BCUT2D eigenvalue weighted by molar-refractivity contribution is 5.94. The first kappa shape index (κ1) is 17.3. The van der Waals surface area contributed by atoms with Gasteiger partial charge in [0.2, 0.25) is 0 Å². The van der Waals surface area contributed by atoms with Crippen molar-refractivity contribution in [3.63, 3.8) is 0 Å². The molecule has 23 heavy (non-hydrogen) atoms. The molecule has 0 bridgehead atoms. The van der Waals surface area contributed by atoms with E-state index >= 15 is 0 Å². The molecule has 0 radical (unpaired) electrons. The SMILES string of the molecule is CC(C)N(CCC#N)C(=O)c1ccc(OC[C@H]2CCCO2)cc1. The Hall–Kier alpha value is -2.06. The highest BCUT2D eigenvalue weighted by atomic mass is 16.5. The number of carbonyl (C=O) groups excluding carboxylic acids is 1. The molecule has 1 saturated heterocycles. The molecule has 1 atom stereocenters. The van der Waals surface area contributed by atoms with Crippen LogP contribution in [0.15, 0.2) is 24.3 Å². The average Bonchev–Trinajstić information content (AvgIpc) is 3.07. The number of nitriles is 1. The standard InChI is InChI=1S/C18H24N2O3/c1-14(2)20(11-4-10-19)18(21)15-6-8-16(9-7-15)23-13-17-5-3-12-22-17/h6-9,14,17H,3-5,11-13H2,1-2H3/t17-/m1/s1. The topological polar surface area (TPSA) is 62.6 Å². The molecule has 1 aromatic carbocycles. The van der Waals surface area contributed by atoms with Crippen LogP contribution in [0, 0.1) is 11.3 Å². The van der Waals surface area contributed by atoms with Crippen molar-refractivity contribution in [3.05, 3.63) is 29.8 Å². The lowest BCUT2D eigenvalue weighted by atomic mass is 10.1. The van der Waals surface area contributed by atoms with E-state index in [0.29, 0.717) is 25.1 Å². The van der Waals surface area contributed by atoms with Crippen molar-refractivity contribution in [1.82, 2.24) is 4.90 Å². The number of benzene rings is 1. The fourth-order valence-corrected chi connectivity index (χ4v) is 2.59. The Bertz CT molecular complexity index is 542. The van der Waals surface area contributed by atoms with Crippen molar-refractivity contribution in [2.24, 2.45) is 0 Å². The maximum absolute atomic E-state index is 12.5. The highest BCUT2D eigenvalue weighted by Gasteiger charge is 2.19. The largest absolute Gasteiger partial charge is 0.491 e. The molecule has 2 rings (SSSR count). The average molecular weight is 316 g/mol. The van der Waals surface area contributed by atoms with Crippen molar-refractivity contribution in [1.29, 1.82) is 5.26 Å². The fraction of sp³-hybridized carbons (Fsp3) is 0.556. The Balaban J connectivity index is 1.94. The van der Waals surface area contributed by atoms with Gasteiger partial charge in [0.1, 0.15) is 12.4 Å². The van der Waals surface area contributed by atoms with Gasteiger partial charge in [0.25, 0.3) is 5.91 Å². The summed E-state index contributed by atoms with van der Waals surface area (Å²) < 4.78 is 11.2. The number of ether oxygens (including phenoxy) is 2. The van der Waals surface area contributed by atoms with Gasteiger partial charge in [-0.1, -0.05) is 0 Å². The molecule has 0 aliphatic carbocycles. The molecular weight excluding hydrogens is 292 g/mol. The summed E-state index contributed by atoms with van der Waals surface area (Å²) in [6.45, 7) is 5.72. The van der Waals surface area contributed by atoms with Crippen LogP contribution >= 0.6 is 0 Å². The van der Waals surface area contributed by atoms with Crippen LogP contribution in [0.1, 0.15) is 43.5 Å². The number of nitrogens with zero attached hydrogens (tertiary/aromatic N) is 2. The lowest BCUT2D eigenvalue weighted by Gasteiger charge is -2.26. The van der Waals surface area contributed by atoms with E-state index in [1.54, 1.807) is 17.0 Å². The lowest BCUT2D eigenvalue weighted by molar-refractivity contribution is 0.0677. The van der Waals surface area contributed by atoms with Gasteiger partial charge in [0.15, 0.2) is 0 Å². The van der Waals surface area contributed by atoms with Crippen LogP contribution in [0.25, 0.3) is 0 Å². The molecule has 0 unspecified atom stereocenters. The summed E-state index contributed by atoms with van der Waals surface area (Å²) >= 11 is 0. The summed E-state index contributed by atoms with van der Waals surface area (Å²) in [7, 11) is 0. The summed E-state index contributed by atoms with van der Waals surface area (Å²) in [5.41, 5.74) is 0.612. The maximum Gasteiger partial charge on any atom is 0.254 e. The van der Waals surface area contributed by atoms with E-state index in [1.807, 2.05) is 26.0 Å². The molecule has 5 heteroatoms. The Morgan fingerprint density at radius 2 is 2.17 bits per heavy atom. The van der Waals surface area contributed by atoms with E-state index in [4.69, 9.17) is 14.7 Å². The van der Waals surface area contributed by atoms with Crippen LogP contribution in [-0.2, 0) is 4.74 Å². The lowest BCUT2D eigenvalue weighted by Crippen LogP contribution is -2.37. The van der Waals surface area contributed by atoms with E-state index in [0.717, 1.165) is 25.2 Å². The molecule has 0 aromatic heterocycles. The third kappa shape index (κ3) is 4.97. The minimum atomic E-state index is -0.0547. The van der Waals surface area contributed by atoms with Crippen molar-refractivity contribution in [2.45, 2.75) is 45.3 Å². The van der Waals surface area contributed by atoms with Crippen molar-refractivity contribution in [3.8, 4) is 11.8 Å². The minimum absolute atomic E-state index is 0.0547. The van der Waals surface area contributed by atoms with Crippen molar-refractivity contribution in [2.75, 3.05) is 19.8 Å². The number of amides is 1. The maximum atomic E-state index is 12.5. The van der Waals surface area contributed by atoms with E-state index in [9.17, 15) is 4.79 Å². The minimum Gasteiger partial charge on any atom is -0.491 e. The molecule has 124 valence electrons. The molecule has 1 aromatic rings. The summed E-state index contributed by atoms with van der Waals surface area (Å²) in [5.74, 6) is 0.686. The van der Waals surface area contributed by atoms with Gasteiger partial charge in [-0.15, -0.1) is 0 Å². The molecule has 0 saturated carbocycles. The zero-order valence-electron chi connectivity index (χ0n) is 13.8. The molecule has 1 aliphatic rings. The van der Waals surface area contributed by atoms with Gasteiger partial charge in [-0.2, -0.15) is 5.26 Å². The first-order chi connectivity index (χ1) is 11.1. The number of carbonyl (C=O) groups is 1. The quantitative estimate of drug-likeness (QED) is 0.776. The number of rotatable bonds is 7. The van der Waals surface area contributed by atoms with Crippen LogP contribution in [0.3, 0.4) is 0 Å². The predicted molar refractivity (Wildman–Crippen MR) is 87.3 cm³/mol. The second kappa shape index (κ2) is 8.54. The Kier molecular flexibility index (Phi) is 6.42. The van der Waals surface area contributed by atoms with Gasteiger partial charge in [-0.05, 0) is 51.0 Å². The Labute approximate surface area is 137 Å². The number of hydrogen-bond donors (Lipinski definition) is 0. The van der Waals surface area contributed by atoms with Crippen LogP contribution in [0.5, 0.6) is 5.75 Å². The predicted octanol–water partition coefficient (Wildman–Crippen LogP) is 3.01. The third-order valence-corrected chi connectivity index (χ3v) is 3.91. The molecule has 5 nitrogen and oxygen atoms in total. The van der Waals surface area contributed by atoms with Crippen molar-refractivity contribution >= 4 is 5.91 Å². The van der Waals surface area contributed by atoms with Gasteiger partial charge >= 0.3 is 0 Å². The van der Waals surface area contributed by atoms with Crippen LogP contribution in [0.2, 0.25) is 0 Å². The monoisotopic (exact) mass is 316 g/mol. The van der Waals surface area contributed by atoms with Crippen LogP contribution < -0.4 is 4.74 Å². The van der Waals surface area contributed by atoms with Gasteiger partial charge in [0.05, 0.1) is 18.6 Å². The first-order valence-corrected chi connectivity index (χ1v) is 8.14. The van der Waals surface area contributed by atoms with Crippen molar-refractivity contribution < 1.29 is 14.3 Å². The Morgan fingerprint density at radius 3 is 2.74 bits per heavy atom. The molecular formula is C18H24N2O3. The van der Waals surface area contributed by atoms with Gasteiger partial charge in [-0.25, -0.2) is 0 Å².